The second kappa shape index (κ2) is 6.04. The van der Waals surface area contributed by atoms with Crippen LogP contribution in [-0.2, 0) is 0 Å². The SMILES string of the molecule is N#Cc1ccc(Sc2ccc([N+](=O)[O-])c(I)c2)cc1. The standard InChI is InChI=1S/C13H7IN2O2S/c14-12-7-11(5-6-13(12)16(17)18)19-10-3-1-9(8-15)2-4-10/h1-7H. The van der Waals surface area contributed by atoms with Crippen molar-refractivity contribution in [2.75, 3.05) is 0 Å². The van der Waals surface area contributed by atoms with Crippen molar-refractivity contribution in [3.63, 3.8) is 0 Å². The number of nitro benzene ring substituents is 1. The normalized spacial score (nSPS) is 9.89. The van der Waals surface area contributed by atoms with Crippen molar-refractivity contribution in [3.05, 3.63) is 61.7 Å². The van der Waals surface area contributed by atoms with Crippen LogP contribution in [0.3, 0.4) is 0 Å². The highest BCUT2D eigenvalue weighted by molar-refractivity contribution is 14.1. The van der Waals surface area contributed by atoms with Gasteiger partial charge in [0.1, 0.15) is 0 Å². The molecular weight excluding hydrogens is 375 g/mol. The summed E-state index contributed by atoms with van der Waals surface area (Å²) in [5.41, 5.74) is 0.729. The van der Waals surface area contributed by atoms with E-state index < -0.39 is 4.92 Å². The summed E-state index contributed by atoms with van der Waals surface area (Å²) in [5.74, 6) is 0. The Morgan fingerprint density at radius 1 is 1.16 bits per heavy atom. The van der Waals surface area contributed by atoms with E-state index in [2.05, 4.69) is 6.07 Å². The summed E-state index contributed by atoms with van der Waals surface area (Å²) < 4.78 is 0.612. The Morgan fingerprint density at radius 3 is 2.32 bits per heavy atom. The Kier molecular flexibility index (Phi) is 4.39. The topological polar surface area (TPSA) is 66.9 Å². The van der Waals surface area contributed by atoms with E-state index in [4.69, 9.17) is 5.26 Å². The molecule has 0 N–H and O–H groups in total. The fourth-order valence-corrected chi connectivity index (χ4v) is 3.21. The lowest BCUT2D eigenvalue weighted by molar-refractivity contribution is -0.385. The Balaban J connectivity index is 2.21. The molecule has 0 heterocycles. The molecule has 2 rings (SSSR count). The van der Waals surface area contributed by atoms with Crippen LogP contribution in [0.25, 0.3) is 0 Å². The van der Waals surface area contributed by atoms with Gasteiger partial charge in [-0.2, -0.15) is 5.26 Å². The minimum absolute atomic E-state index is 0.116. The molecule has 4 nitrogen and oxygen atoms in total. The number of nitriles is 1. The summed E-state index contributed by atoms with van der Waals surface area (Å²) in [7, 11) is 0. The van der Waals surface area contributed by atoms with Gasteiger partial charge in [-0.3, -0.25) is 10.1 Å². The van der Waals surface area contributed by atoms with Crippen molar-refractivity contribution in [1.29, 1.82) is 5.26 Å². The summed E-state index contributed by atoms with van der Waals surface area (Å²) in [4.78, 5) is 12.3. The van der Waals surface area contributed by atoms with Gasteiger partial charge in [0, 0.05) is 15.9 Å². The molecule has 19 heavy (non-hydrogen) atoms. The molecule has 6 heteroatoms. The number of halogens is 1. The maximum absolute atomic E-state index is 10.7. The quantitative estimate of drug-likeness (QED) is 0.453. The third-order valence-corrected chi connectivity index (χ3v) is 4.20. The lowest BCUT2D eigenvalue weighted by atomic mass is 10.2. The molecule has 2 aromatic carbocycles. The van der Waals surface area contributed by atoms with E-state index in [1.807, 2.05) is 34.7 Å². The first-order valence-corrected chi connectivity index (χ1v) is 7.11. The van der Waals surface area contributed by atoms with Gasteiger partial charge < -0.3 is 0 Å². The number of hydrogen-bond donors (Lipinski definition) is 0. The van der Waals surface area contributed by atoms with Gasteiger partial charge in [0.05, 0.1) is 20.1 Å². The smallest absolute Gasteiger partial charge is 0.258 e. The van der Waals surface area contributed by atoms with Crippen molar-refractivity contribution in [3.8, 4) is 6.07 Å². The third kappa shape index (κ3) is 3.45. The van der Waals surface area contributed by atoms with Crippen molar-refractivity contribution < 1.29 is 4.92 Å². The molecule has 0 saturated heterocycles. The van der Waals surface area contributed by atoms with Gasteiger partial charge in [-0.05, 0) is 59.0 Å². The Morgan fingerprint density at radius 2 is 1.79 bits per heavy atom. The molecular formula is C13H7IN2O2S. The number of nitrogens with zero attached hydrogens (tertiary/aromatic N) is 2. The van der Waals surface area contributed by atoms with Crippen molar-refractivity contribution >= 4 is 40.0 Å². The first-order valence-electron chi connectivity index (χ1n) is 5.22. The Labute approximate surface area is 127 Å². The molecule has 0 aliphatic heterocycles. The highest BCUT2D eigenvalue weighted by Crippen LogP contribution is 2.31. The molecule has 0 atom stereocenters. The van der Waals surface area contributed by atoms with Gasteiger partial charge in [0.15, 0.2) is 0 Å². The van der Waals surface area contributed by atoms with E-state index in [1.165, 1.54) is 17.8 Å². The summed E-state index contributed by atoms with van der Waals surface area (Å²) >= 11 is 3.46. The van der Waals surface area contributed by atoms with Gasteiger partial charge >= 0.3 is 0 Å². The predicted octanol–water partition coefficient (Wildman–Crippen LogP) is 4.22. The third-order valence-electron chi connectivity index (χ3n) is 2.33. The van der Waals surface area contributed by atoms with E-state index >= 15 is 0 Å². The van der Waals surface area contributed by atoms with Crippen molar-refractivity contribution in [1.82, 2.24) is 0 Å². The maximum atomic E-state index is 10.7. The molecule has 0 aromatic heterocycles. The Hall–Kier alpha value is -1.59. The molecule has 94 valence electrons. The summed E-state index contributed by atoms with van der Waals surface area (Å²) in [6.07, 6.45) is 0. The minimum Gasteiger partial charge on any atom is -0.258 e. The van der Waals surface area contributed by atoms with Gasteiger partial charge in [-0.25, -0.2) is 0 Å². The van der Waals surface area contributed by atoms with Crippen LogP contribution in [0.5, 0.6) is 0 Å². The average Bonchev–Trinajstić information content (AvgIpc) is 2.39. The number of hydrogen-bond acceptors (Lipinski definition) is 4. The molecule has 0 fully saturated rings. The van der Waals surface area contributed by atoms with Crippen molar-refractivity contribution in [2.45, 2.75) is 9.79 Å². The largest absolute Gasteiger partial charge is 0.282 e. The molecule has 0 amide bonds. The highest BCUT2D eigenvalue weighted by atomic mass is 127. The van der Waals surface area contributed by atoms with Crippen LogP contribution in [0.15, 0.2) is 52.3 Å². The van der Waals surface area contributed by atoms with Gasteiger partial charge in [-0.15, -0.1) is 0 Å². The monoisotopic (exact) mass is 382 g/mol. The first kappa shape index (κ1) is 13.8. The predicted molar refractivity (Wildman–Crippen MR) is 81.1 cm³/mol. The van der Waals surface area contributed by atoms with Crippen LogP contribution in [0, 0.1) is 25.0 Å². The van der Waals surface area contributed by atoms with Crippen LogP contribution in [-0.4, -0.2) is 4.92 Å². The lowest BCUT2D eigenvalue weighted by Gasteiger charge is -2.03. The van der Waals surface area contributed by atoms with Gasteiger partial charge in [0.25, 0.3) is 5.69 Å². The molecule has 0 radical (unpaired) electrons. The van der Waals surface area contributed by atoms with Crippen LogP contribution < -0.4 is 0 Å². The van der Waals surface area contributed by atoms with Gasteiger partial charge in [0.2, 0.25) is 0 Å². The number of benzene rings is 2. The maximum Gasteiger partial charge on any atom is 0.282 e. The number of nitro groups is 1. The number of rotatable bonds is 3. The summed E-state index contributed by atoms with van der Waals surface area (Å²) in [5, 5.41) is 19.4. The zero-order valence-corrected chi connectivity index (χ0v) is 12.5. The summed E-state index contributed by atoms with van der Waals surface area (Å²) in [6.45, 7) is 0. The van der Waals surface area contributed by atoms with Crippen molar-refractivity contribution in [2.24, 2.45) is 0 Å². The van der Waals surface area contributed by atoms with E-state index in [0.29, 0.717) is 9.13 Å². The molecule has 2 aromatic rings. The fraction of sp³-hybridized carbons (Fsp3) is 0. The minimum atomic E-state index is -0.391. The molecule has 0 aliphatic carbocycles. The Bertz CT molecular complexity index is 665. The molecule has 0 unspecified atom stereocenters. The lowest BCUT2D eigenvalue weighted by Crippen LogP contribution is -1.91. The summed E-state index contributed by atoms with van der Waals surface area (Å²) in [6, 6.07) is 14.3. The second-order valence-corrected chi connectivity index (χ2v) is 5.92. The van der Waals surface area contributed by atoms with E-state index in [9.17, 15) is 10.1 Å². The zero-order valence-electron chi connectivity index (χ0n) is 9.54. The molecule has 0 saturated carbocycles. The van der Waals surface area contributed by atoms with E-state index in [-0.39, 0.29) is 5.69 Å². The molecule has 0 bridgehead atoms. The zero-order chi connectivity index (χ0) is 13.8. The average molecular weight is 382 g/mol. The van der Waals surface area contributed by atoms with Crippen LogP contribution in [0.2, 0.25) is 0 Å². The highest BCUT2D eigenvalue weighted by Gasteiger charge is 2.11. The first-order chi connectivity index (χ1) is 9.10. The van der Waals surface area contributed by atoms with Crippen LogP contribution in [0.4, 0.5) is 5.69 Å². The van der Waals surface area contributed by atoms with Crippen LogP contribution >= 0.6 is 34.4 Å². The molecule has 0 spiro atoms. The second-order valence-electron chi connectivity index (χ2n) is 3.61. The van der Waals surface area contributed by atoms with Gasteiger partial charge in [-0.1, -0.05) is 11.8 Å². The van der Waals surface area contributed by atoms with E-state index in [1.54, 1.807) is 24.3 Å². The van der Waals surface area contributed by atoms with Crippen LogP contribution in [0.1, 0.15) is 5.56 Å². The fourth-order valence-electron chi connectivity index (χ4n) is 1.43. The molecule has 0 aliphatic rings. The van der Waals surface area contributed by atoms with E-state index in [0.717, 1.165) is 9.79 Å².